The Balaban J connectivity index is 1.61. The van der Waals surface area contributed by atoms with Gasteiger partial charge in [-0.25, -0.2) is 4.79 Å². The van der Waals surface area contributed by atoms with Gasteiger partial charge < -0.3 is 14.8 Å². The molecule has 8 heteroatoms. The molecule has 1 heterocycles. The molecule has 26 heavy (non-hydrogen) atoms. The van der Waals surface area contributed by atoms with Crippen molar-refractivity contribution >= 4 is 29.3 Å². The Kier molecular flexibility index (Phi) is 5.55. The van der Waals surface area contributed by atoms with Gasteiger partial charge in [-0.15, -0.1) is 5.10 Å². The largest absolute Gasteiger partial charge is 0.513 e. The summed E-state index contributed by atoms with van der Waals surface area (Å²) in [5, 5.41) is 6.62. The van der Waals surface area contributed by atoms with E-state index in [1.807, 2.05) is 24.3 Å². The van der Waals surface area contributed by atoms with Crippen LogP contribution in [-0.2, 0) is 4.74 Å². The fourth-order valence-electron chi connectivity index (χ4n) is 2.13. The minimum Gasteiger partial charge on any atom is -0.434 e. The zero-order valence-corrected chi connectivity index (χ0v) is 14.7. The molecule has 132 valence electrons. The second-order valence-electron chi connectivity index (χ2n) is 5.12. The van der Waals surface area contributed by atoms with E-state index < -0.39 is 6.16 Å². The van der Waals surface area contributed by atoms with Gasteiger partial charge in [-0.2, -0.15) is 0 Å². The lowest BCUT2D eigenvalue weighted by Gasteiger charge is -2.07. The van der Waals surface area contributed by atoms with E-state index in [1.54, 1.807) is 25.3 Å². The Morgan fingerprint density at radius 3 is 2.42 bits per heavy atom. The highest BCUT2D eigenvalue weighted by molar-refractivity contribution is 7.09. The maximum atomic E-state index is 12.3. The lowest BCUT2D eigenvalue weighted by atomic mass is 10.1. The molecule has 3 rings (SSSR count). The van der Waals surface area contributed by atoms with Crippen LogP contribution in [-0.4, -0.2) is 28.3 Å². The van der Waals surface area contributed by atoms with Gasteiger partial charge in [0.25, 0.3) is 5.91 Å². The molecule has 3 aromatic rings. The highest BCUT2D eigenvalue weighted by atomic mass is 32.1. The minimum absolute atomic E-state index is 0.234. The molecule has 7 nitrogen and oxygen atoms in total. The molecule has 0 atom stereocenters. The fourth-order valence-corrected chi connectivity index (χ4v) is 2.65. The topological polar surface area (TPSA) is 90.4 Å². The smallest absolute Gasteiger partial charge is 0.434 e. The molecule has 0 saturated heterocycles. The summed E-state index contributed by atoms with van der Waals surface area (Å²) in [7, 11) is 0. The van der Waals surface area contributed by atoms with E-state index in [9.17, 15) is 9.59 Å². The lowest BCUT2D eigenvalue weighted by molar-refractivity contribution is 0.102. The van der Waals surface area contributed by atoms with Gasteiger partial charge in [0.05, 0.1) is 17.7 Å². The Labute approximate surface area is 153 Å². The van der Waals surface area contributed by atoms with Crippen LogP contribution in [0, 0.1) is 0 Å². The van der Waals surface area contributed by atoms with Crippen LogP contribution < -0.4 is 10.1 Å². The number of carbonyl (C=O) groups is 2. The zero-order chi connectivity index (χ0) is 18.4. The minimum atomic E-state index is -0.777. The van der Waals surface area contributed by atoms with E-state index in [1.165, 1.54) is 23.7 Å². The summed E-state index contributed by atoms with van der Waals surface area (Å²) in [4.78, 5) is 24.5. The Bertz CT molecular complexity index is 878. The molecule has 0 aliphatic rings. The number of hydrogen-bond donors (Lipinski definition) is 1. The average molecular weight is 369 g/mol. The normalized spacial score (nSPS) is 10.2. The SMILES string of the molecule is CCOC(=O)Oc1ccc(C(=O)Nc2ccc(-c3cnns3)cc2)cc1. The molecular formula is C18H15N3O4S. The third-order valence-electron chi connectivity index (χ3n) is 3.37. The van der Waals surface area contributed by atoms with Crippen molar-refractivity contribution in [3.63, 3.8) is 0 Å². The molecule has 0 unspecified atom stereocenters. The van der Waals surface area contributed by atoms with Crippen molar-refractivity contribution in [2.45, 2.75) is 6.92 Å². The van der Waals surface area contributed by atoms with E-state index >= 15 is 0 Å². The quantitative estimate of drug-likeness (QED) is 0.540. The molecule has 0 spiro atoms. The summed E-state index contributed by atoms with van der Waals surface area (Å²) in [6.45, 7) is 1.92. The second-order valence-corrected chi connectivity index (χ2v) is 5.91. The number of ether oxygens (including phenoxy) is 2. The van der Waals surface area contributed by atoms with Gasteiger partial charge in [0.1, 0.15) is 5.75 Å². The molecule has 0 aliphatic carbocycles. The van der Waals surface area contributed by atoms with Crippen LogP contribution in [0.25, 0.3) is 10.4 Å². The predicted octanol–water partition coefficient (Wildman–Crippen LogP) is 3.99. The van der Waals surface area contributed by atoms with E-state index in [2.05, 4.69) is 14.9 Å². The average Bonchev–Trinajstić information content (AvgIpc) is 3.18. The number of benzene rings is 2. The van der Waals surface area contributed by atoms with Crippen LogP contribution >= 0.6 is 11.5 Å². The van der Waals surface area contributed by atoms with Crippen molar-refractivity contribution in [1.29, 1.82) is 0 Å². The van der Waals surface area contributed by atoms with Gasteiger partial charge in [0.15, 0.2) is 0 Å². The van der Waals surface area contributed by atoms with Gasteiger partial charge in [-0.1, -0.05) is 16.6 Å². The summed E-state index contributed by atoms with van der Waals surface area (Å²) in [5.74, 6) is 0.0439. The molecule has 2 aromatic carbocycles. The fraction of sp³-hybridized carbons (Fsp3) is 0.111. The van der Waals surface area contributed by atoms with E-state index in [0.717, 1.165) is 10.4 Å². The summed E-state index contributed by atoms with van der Waals surface area (Å²) in [6, 6.07) is 13.6. The van der Waals surface area contributed by atoms with Crippen LogP contribution in [0.2, 0.25) is 0 Å². The van der Waals surface area contributed by atoms with Gasteiger partial charge in [-0.05, 0) is 60.4 Å². The zero-order valence-electron chi connectivity index (χ0n) is 13.8. The van der Waals surface area contributed by atoms with Crippen molar-refractivity contribution < 1.29 is 19.1 Å². The number of aromatic nitrogens is 2. The van der Waals surface area contributed by atoms with Crippen LogP contribution in [0.3, 0.4) is 0 Å². The summed E-state index contributed by atoms with van der Waals surface area (Å²) < 4.78 is 13.5. The van der Waals surface area contributed by atoms with Crippen molar-refractivity contribution in [3.05, 3.63) is 60.3 Å². The van der Waals surface area contributed by atoms with Gasteiger partial charge >= 0.3 is 6.16 Å². The third-order valence-corrected chi connectivity index (χ3v) is 4.08. The van der Waals surface area contributed by atoms with Crippen molar-refractivity contribution in [2.24, 2.45) is 0 Å². The predicted molar refractivity (Wildman–Crippen MR) is 97.4 cm³/mol. The standard InChI is InChI=1S/C18H15N3O4S/c1-2-24-18(23)25-15-9-5-13(6-10-15)17(22)20-14-7-3-12(4-8-14)16-11-19-21-26-16/h3-11H,2H2,1H3,(H,20,22). The maximum absolute atomic E-state index is 12.3. The number of nitrogens with one attached hydrogen (secondary N) is 1. The van der Waals surface area contributed by atoms with Crippen LogP contribution in [0.5, 0.6) is 5.75 Å². The Morgan fingerprint density at radius 2 is 1.81 bits per heavy atom. The number of amides is 1. The molecule has 0 fully saturated rings. The molecule has 0 bridgehead atoms. The van der Waals surface area contributed by atoms with Crippen molar-refractivity contribution in [2.75, 3.05) is 11.9 Å². The first-order chi connectivity index (χ1) is 12.7. The summed E-state index contributed by atoms with van der Waals surface area (Å²) in [5.41, 5.74) is 2.10. The molecule has 1 amide bonds. The van der Waals surface area contributed by atoms with Crippen LogP contribution in [0.1, 0.15) is 17.3 Å². The van der Waals surface area contributed by atoms with Gasteiger partial charge in [-0.3, -0.25) is 4.79 Å². The number of carbonyl (C=O) groups excluding carboxylic acids is 2. The highest BCUT2D eigenvalue weighted by Gasteiger charge is 2.09. The number of rotatable bonds is 5. The molecule has 1 N–H and O–H groups in total. The van der Waals surface area contributed by atoms with E-state index in [-0.39, 0.29) is 12.5 Å². The Morgan fingerprint density at radius 1 is 1.08 bits per heavy atom. The highest BCUT2D eigenvalue weighted by Crippen LogP contribution is 2.23. The molecular weight excluding hydrogens is 354 g/mol. The van der Waals surface area contributed by atoms with Crippen molar-refractivity contribution in [3.8, 4) is 16.2 Å². The lowest BCUT2D eigenvalue weighted by Crippen LogP contribution is -2.12. The van der Waals surface area contributed by atoms with E-state index in [4.69, 9.17) is 9.47 Å². The first-order valence-corrected chi connectivity index (χ1v) is 8.57. The summed E-state index contributed by atoms with van der Waals surface area (Å²) in [6.07, 6.45) is 0.916. The molecule has 0 saturated carbocycles. The molecule has 1 aromatic heterocycles. The van der Waals surface area contributed by atoms with Crippen LogP contribution in [0.15, 0.2) is 54.7 Å². The first kappa shape index (κ1) is 17.6. The number of hydrogen-bond acceptors (Lipinski definition) is 7. The van der Waals surface area contributed by atoms with Gasteiger partial charge in [0, 0.05) is 11.3 Å². The maximum Gasteiger partial charge on any atom is 0.513 e. The van der Waals surface area contributed by atoms with Crippen LogP contribution in [0.4, 0.5) is 10.5 Å². The monoisotopic (exact) mass is 369 g/mol. The van der Waals surface area contributed by atoms with E-state index in [0.29, 0.717) is 17.0 Å². The molecule has 0 aliphatic heterocycles. The second kappa shape index (κ2) is 8.21. The molecule has 0 radical (unpaired) electrons. The number of anilines is 1. The summed E-state index contributed by atoms with van der Waals surface area (Å²) >= 11 is 1.31. The Hall–Kier alpha value is -3.26. The van der Waals surface area contributed by atoms with Crippen molar-refractivity contribution in [1.82, 2.24) is 9.59 Å². The number of nitrogens with zero attached hydrogens (tertiary/aromatic N) is 2. The van der Waals surface area contributed by atoms with Gasteiger partial charge in [0.2, 0.25) is 0 Å². The first-order valence-electron chi connectivity index (χ1n) is 7.79. The third kappa shape index (κ3) is 4.42.